The van der Waals surface area contributed by atoms with Crippen molar-refractivity contribution < 1.29 is 9.15 Å². The molecule has 0 amide bonds. The quantitative estimate of drug-likeness (QED) is 0.745. The van der Waals surface area contributed by atoms with E-state index in [-0.39, 0.29) is 11.6 Å². The molecule has 0 bridgehead atoms. The Morgan fingerprint density at radius 1 is 1.37 bits per heavy atom. The number of rotatable bonds is 5. The van der Waals surface area contributed by atoms with Crippen LogP contribution in [-0.2, 0) is 13.6 Å². The van der Waals surface area contributed by atoms with Crippen molar-refractivity contribution in [3.8, 4) is 5.75 Å². The molecule has 3 heterocycles. The Kier molecular flexibility index (Phi) is 4.85. The van der Waals surface area contributed by atoms with E-state index >= 15 is 0 Å². The van der Waals surface area contributed by atoms with Gasteiger partial charge in [-0.2, -0.15) is 0 Å². The number of fused-ring (bicyclic) bond motifs is 1. The van der Waals surface area contributed by atoms with Gasteiger partial charge < -0.3 is 23.9 Å². The molecule has 1 aliphatic heterocycles. The molecule has 0 spiro atoms. The molecule has 1 N–H and O–H groups in total. The molecule has 2 aromatic heterocycles. The molecule has 1 atom stereocenters. The van der Waals surface area contributed by atoms with E-state index in [4.69, 9.17) is 9.15 Å². The molecule has 1 aliphatic rings. The fraction of sp³-hybridized carbons (Fsp3) is 0.400. The van der Waals surface area contributed by atoms with Gasteiger partial charge in [0, 0.05) is 44.0 Å². The van der Waals surface area contributed by atoms with Gasteiger partial charge >= 0.3 is 0 Å². The third-order valence-corrected chi connectivity index (χ3v) is 5.06. The maximum absolute atomic E-state index is 12.3. The first-order valence-corrected chi connectivity index (χ1v) is 9.20. The molecular weight excluding hydrogens is 344 g/mol. The van der Waals surface area contributed by atoms with E-state index in [1.165, 1.54) is 0 Å². The van der Waals surface area contributed by atoms with E-state index < -0.39 is 0 Å². The Morgan fingerprint density at radius 3 is 3.11 bits per heavy atom. The van der Waals surface area contributed by atoms with Gasteiger partial charge in [0.15, 0.2) is 5.82 Å². The number of aromatic nitrogens is 2. The van der Waals surface area contributed by atoms with Gasteiger partial charge in [0.05, 0.1) is 13.7 Å². The van der Waals surface area contributed by atoms with Gasteiger partial charge in [-0.15, -0.1) is 0 Å². The van der Waals surface area contributed by atoms with Crippen molar-refractivity contribution >= 4 is 16.8 Å². The summed E-state index contributed by atoms with van der Waals surface area (Å²) in [5, 5.41) is 4.59. The largest absolute Gasteiger partial charge is 0.497 e. The number of nitrogens with one attached hydrogen (secondary N) is 1. The minimum Gasteiger partial charge on any atom is -0.497 e. The zero-order valence-electron chi connectivity index (χ0n) is 15.6. The van der Waals surface area contributed by atoms with Crippen LogP contribution in [0.3, 0.4) is 0 Å². The predicted molar refractivity (Wildman–Crippen MR) is 104 cm³/mol. The second-order valence-corrected chi connectivity index (χ2v) is 6.95. The van der Waals surface area contributed by atoms with Crippen molar-refractivity contribution in [2.45, 2.75) is 25.4 Å². The smallest absolute Gasteiger partial charge is 0.293 e. The SMILES string of the molecule is COc1ccc2oc(CN[C@H]3CCCN(c4nccn(C)c4=O)C3)cc2c1. The lowest BCUT2D eigenvalue weighted by Crippen LogP contribution is -2.47. The average Bonchev–Trinajstić information content (AvgIpc) is 3.10. The first kappa shape index (κ1) is 17.6. The Bertz CT molecular complexity index is 994. The first-order chi connectivity index (χ1) is 13.1. The van der Waals surface area contributed by atoms with Crippen LogP contribution in [0.15, 0.2) is 45.9 Å². The highest BCUT2D eigenvalue weighted by Gasteiger charge is 2.23. The van der Waals surface area contributed by atoms with E-state index in [0.29, 0.717) is 12.4 Å². The lowest BCUT2D eigenvalue weighted by molar-refractivity contribution is 0.398. The fourth-order valence-corrected chi connectivity index (χ4v) is 3.57. The summed E-state index contributed by atoms with van der Waals surface area (Å²) in [5.41, 5.74) is 0.805. The van der Waals surface area contributed by atoms with E-state index in [1.807, 2.05) is 24.3 Å². The Balaban J connectivity index is 1.42. The van der Waals surface area contributed by atoms with Crippen molar-refractivity contribution in [1.29, 1.82) is 0 Å². The van der Waals surface area contributed by atoms with Gasteiger partial charge in [0.1, 0.15) is 17.1 Å². The number of ether oxygens (including phenoxy) is 1. The molecule has 3 aromatic rings. The molecule has 0 saturated carbocycles. The summed E-state index contributed by atoms with van der Waals surface area (Å²) in [6.45, 7) is 2.27. The van der Waals surface area contributed by atoms with Crippen molar-refractivity contribution in [3.05, 3.63) is 52.8 Å². The molecule has 7 heteroatoms. The third kappa shape index (κ3) is 3.68. The van der Waals surface area contributed by atoms with Gasteiger partial charge in [-0.1, -0.05) is 0 Å². The molecule has 1 aromatic carbocycles. The molecule has 1 fully saturated rings. The van der Waals surface area contributed by atoms with Crippen LogP contribution < -0.4 is 20.5 Å². The van der Waals surface area contributed by atoms with E-state index in [1.54, 1.807) is 31.1 Å². The molecule has 0 aliphatic carbocycles. The van der Waals surface area contributed by atoms with Crippen LogP contribution in [0.2, 0.25) is 0 Å². The predicted octanol–water partition coefficient (Wildman–Crippen LogP) is 2.29. The van der Waals surface area contributed by atoms with Gasteiger partial charge in [-0.05, 0) is 37.1 Å². The summed E-state index contributed by atoms with van der Waals surface area (Å²) < 4.78 is 12.7. The Labute approximate surface area is 157 Å². The van der Waals surface area contributed by atoms with Crippen LogP contribution in [0.25, 0.3) is 11.0 Å². The lowest BCUT2D eigenvalue weighted by atomic mass is 10.1. The highest BCUT2D eigenvalue weighted by atomic mass is 16.5. The molecule has 0 unspecified atom stereocenters. The Morgan fingerprint density at radius 2 is 2.26 bits per heavy atom. The minimum atomic E-state index is -0.0515. The average molecular weight is 368 g/mol. The second kappa shape index (κ2) is 7.44. The number of hydrogen-bond acceptors (Lipinski definition) is 6. The minimum absolute atomic E-state index is 0.0515. The Hall–Kier alpha value is -2.80. The number of benzene rings is 1. The molecular formula is C20H24N4O3. The number of methoxy groups -OCH3 is 1. The van der Waals surface area contributed by atoms with Crippen LogP contribution in [0.1, 0.15) is 18.6 Å². The molecule has 142 valence electrons. The van der Waals surface area contributed by atoms with Crippen molar-refractivity contribution in [1.82, 2.24) is 14.9 Å². The van der Waals surface area contributed by atoms with Gasteiger partial charge in [0.25, 0.3) is 5.56 Å². The summed E-state index contributed by atoms with van der Waals surface area (Å²) in [4.78, 5) is 18.7. The maximum atomic E-state index is 12.3. The number of anilines is 1. The topological polar surface area (TPSA) is 72.5 Å². The summed E-state index contributed by atoms with van der Waals surface area (Å²) in [6.07, 6.45) is 5.45. The summed E-state index contributed by atoms with van der Waals surface area (Å²) in [6, 6.07) is 8.13. The summed E-state index contributed by atoms with van der Waals surface area (Å²) >= 11 is 0. The summed E-state index contributed by atoms with van der Waals surface area (Å²) in [7, 11) is 3.41. The number of nitrogens with zero attached hydrogens (tertiary/aromatic N) is 3. The number of hydrogen-bond donors (Lipinski definition) is 1. The van der Waals surface area contributed by atoms with Crippen molar-refractivity contribution in [3.63, 3.8) is 0 Å². The molecule has 7 nitrogen and oxygen atoms in total. The highest BCUT2D eigenvalue weighted by molar-refractivity contribution is 5.79. The standard InChI is InChI=1S/C20H24N4O3/c1-23-9-7-21-19(20(23)25)24-8-3-4-15(13-24)22-12-17-11-14-10-16(26-2)5-6-18(14)27-17/h5-7,9-11,15,22H,3-4,8,12-13H2,1-2H3/t15-/m0/s1. The maximum Gasteiger partial charge on any atom is 0.293 e. The second-order valence-electron chi connectivity index (χ2n) is 6.95. The first-order valence-electron chi connectivity index (χ1n) is 9.20. The third-order valence-electron chi connectivity index (χ3n) is 5.06. The van der Waals surface area contributed by atoms with Crippen LogP contribution in [0, 0.1) is 0 Å². The zero-order valence-corrected chi connectivity index (χ0v) is 15.6. The molecule has 27 heavy (non-hydrogen) atoms. The van der Waals surface area contributed by atoms with Gasteiger partial charge in [-0.25, -0.2) is 4.98 Å². The molecule has 1 saturated heterocycles. The van der Waals surface area contributed by atoms with Crippen molar-refractivity contribution in [2.24, 2.45) is 7.05 Å². The van der Waals surface area contributed by atoms with Crippen LogP contribution >= 0.6 is 0 Å². The highest BCUT2D eigenvalue weighted by Crippen LogP contribution is 2.24. The number of piperidine rings is 1. The van der Waals surface area contributed by atoms with Gasteiger partial charge in [-0.3, -0.25) is 4.79 Å². The zero-order chi connectivity index (χ0) is 18.8. The van der Waals surface area contributed by atoms with Crippen LogP contribution in [-0.4, -0.2) is 35.8 Å². The fourth-order valence-electron chi connectivity index (χ4n) is 3.57. The van der Waals surface area contributed by atoms with E-state index in [2.05, 4.69) is 15.2 Å². The van der Waals surface area contributed by atoms with Crippen LogP contribution in [0.4, 0.5) is 5.82 Å². The molecule has 4 rings (SSSR count). The summed E-state index contributed by atoms with van der Waals surface area (Å²) in [5.74, 6) is 2.24. The number of furan rings is 1. The van der Waals surface area contributed by atoms with Crippen LogP contribution in [0.5, 0.6) is 5.75 Å². The monoisotopic (exact) mass is 368 g/mol. The van der Waals surface area contributed by atoms with Gasteiger partial charge in [0.2, 0.25) is 0 Å². The normalized spacial score (nSPS) is 17.4. The van der Waals surface area contributed by atoms with E-state index in [9.17, 15) is 4.79 Å². The number of aryl methyl sites for hydroxylation is 1. The molecule has 0 radical (unpaired) electrons. The van der Waals surface area contributed by atoms with E-state index in [0.717, 1.165) is 48.4 Å². The lowest BCUT2D eigenvalue weighted by Gasteiger charge is -2.33. The van der Waals surface area contributed by atoms with Crippen molar-refractivity contribution in [2.75, 3.05) is 25.1 Å².